The minimum atomic E-state index is -0.986. The van der Waals surface area contributed by atoms with Gasteiger partial charge in [0.25, 0.3) is 0 Å². The lowest BCUT2D eigenvalue weighted by atomic mass is 9.90. The van der Waals surface area contributed by atoms with Crippen LogP contribution >= 0.6 is 0 Å². The molecule has 1 aliphatic rings. The van der Waals surface area contributed by atoms with Crippen molar-refractivity contribution in [3.05, 3.63) is 29.3 Å². The first-order valence-electron chi connectivity index (χ1n) is 5.77. The van der Waals surface area contributed by atoms with Crippen molar-refractivity contribution >= 4 is 5.97 Å². The molecule has 1 aromatic rings. The van der Waals surface area contributed by atoms with Gasteiger partial charge in [-0.05, 0) is 24.8 Å². The summed E-state index contributed by atoms with van der Waals surface area (Å²) in [7, 11) is 1.36. The Morgan fingerprint density at radius 2 is 2.06 bits per heavy atom. The van der Waals surface area contributed by atoms with Crippen LogP contribution in [0.3, 0.4) is 0 Å². The number of benzene rings is 1. The van der Waals surface area contributed by atoms with E-state index in [4.69, 9.17) is 9.84 Å². The molecule has 0 bridgehead atoms. The molecule has 0 radical (unpaired) electrons. The summed E-state index contributed by atoms with van der Waals surface area (Å²) in [6.45, 7) is 0. The number of hydrogen-bond acceptors (Lipinski definition) is 2. The minimum absolute atomic E-state index is 0.0912. The molecule has 1 atom stereocenters. The maximum Gasteiger partial charge on any atom is 0.303 e. The molecule has 1 aromatic carbocycles. The first kappa shape index (κ1) is 12.8. The van der Waals surface area contributed by atoms with E-state index in [0.717, 1.165) is 25.0 Å². The largest absolute Gasteiger partial charge is 0.496 e. The van der Waals surface area contributed by atoms with Gasteiger partial charge in [-0.15, -0.1) is 0 Å². The Hall–Kier alpha value is -1.65. The van der Waals surface area contributed by atoms with Gasteiger partial charge in [0.15, 0.2) is 11.6 Å². The predicted molar refractivity (Wildman–Crippen MR) is 60.6 cm³/mol. The molecular formula is C13H14F2O3. The van der Waals surface area contributed by atoms with Crippen molar-refractivity contribution in [3.8, 4) is 5.75 Å². The lowest BCUT2D eigenvalue weighted by Crippen LogP contribution is -2.10. The molecule has 5 heteroatoms. The van der Waals surface area contributed by atoms with Crippen LogP contribution in [0.25, 0.3) is 0 Å². The Labute approximate surface area is 103 Å². The number of carboxylic acids is 1. The van der Waals surface area contributed by atoms with Gasteiger partial charge in [-0.25, -0.2) is 8.78 Å². The zero-order chi connectivity index (χ0) is 13.3. The highest BCUT2D eigenvalue weighted by Crippen LogP contribution is 2.47. The monoisotopic (exact) mass is 256 g/mol. The molecule has 0 aromatic heterocycles. The summed E-state index contributed by atoms with van der Waals surface area (Å²) in [5.41, 5.74) is 0.446. The Bertz CT molecular complexity index is 470. The Kier molecular flexibility index (Phi) is 3.50. The number of carbonyl (C=O) groups is 1. The lowest BCUT2D eigenvalue weighted by molar-refractivity contribution is -0.137. The minimum Gasteiger partial charge on any atom is -0.496 e. The van der Waals surface area contributed by atoms with Gasteiger partial charge in [0.1, 0.15) is 5.75 Å². The molecule has 0 amide bonds. The maximum absolute atomic E-state index is 13.3. The number of rotatable bonds is 5. The molecular weight excluding hydrogens is 242 g/mol. The van der Waals surface area contributed by atoms with Crippen LogP contribution in [0.5, 0.6) is 5.75 Å². The van der Waals surface area contributed by atoms with Crippen LogP contribution in [0, 0.1) is 17.6 Å². The third kappa shape index (κ3) is 2.60. The van der Waals surface area contributed by atoms with Crippen molar-refractivity contribution in [2.75, 3.05) is 7.11 Å². The second-order valence-corrected chi connectivity index (χ2v) is 4.55. The van der Waals surface area contributed by atoms with Gasteiger partial charge < -0.3 is 9.84 Å². The van der Waals surface area contributed by atoms with Gasteiger partial charge >= 0.3 is 5.97 Å². The SMILES string of the molecule is COc1cc(F)c(F)cc1C(CC(=O)O)C1CC1. The van der Waals surface area contributed by atoms with Crippen molar-refractivity contribution < 1.29 is 23.4 Å². The van der Waals surface area contributed by atoms with Gasteiger partial charge in [-0.2, -0.15) is 0 Å². The lowest BCUT2D eigenvalue weighted by Gasteiger charge is -2.18. The van der Waals surface area contributed by atoms with Crippen LogP contribution in [0.1, 0.15) is 30.7 Å². The summed E-state index contributed by atoms with van der Waals surface area (Å²) in [6, 6.07) is 2.03. The number of carboxylic acid groups (broad SMARTS) is 1. The fourth-order valence-electron chi connectivity index (χ4n) is 2.23. The fourth-order valence-corrected chi connectivity index (χ4v) is 2.23. The predicted octanol–water partition coefficient (Wildman–Crippen LogP) is 2.94. The zero-order valence-corrected chi connectivity index (χ0v) is 9.95. The van der Waals surface area contributed by atoms with Gasteiger partial charge in [-0.1, -0.05) is 0 Å². The van der Waals surface area contributed by atoms with Crippen LogP contribution < -0.4 is 4.74 Å². The summed E-state index contributed by atoms with van der Waals surface area (Å²) in [5, 5.41) is 8.90. The van der Waals surface area contributed by atoms with Crippen LogP contribution in [-0.4, -0.2) is 18.2 Å². The van der Waals surface area contributed by atoms with Crippen molar-refractivity contribution in [1.29, 1.82) is 0 Å². The van der Waals surface area contributed by atoms with Gasteiger partial charge in [-0.3, -0.25) is 4.79 Å². The number of aliphatic carboxylic acids is 1. The van der Waals surface area contributed by atoms with E-state index in [1.807, 2.05) is 0 Å². The first-order chi connectivity index (χ1) is 8.52. The highest BCUT2D eigenvalue weighted by molar-refractivity contribution is 5.68. The van der Waals surface area contributed by atoms with E-state index < -0.39 is 17.6 Å². The van der Waals surface area contributed by atoms with Crippen LogP contribution in [-0.2, 0) is 4.79 Å². The average molecular weight is 256 g/mol. The number of halogens is 2. The van der Waals surface area contributed by atoms with Crippen LogP contribution in [0.4, 0.5) is 8.78 Å². The Morgan fingerprint density at radius 3 is 2.56 bits per heavy atom. The van der Waals surface area contributed by atoms with E-state index in [0.29, 0.717) is 5.56 Å². The second-order valence-electron chi connectivity index (χ2n) is 4.55. The zero-order valence-electron chi connectivity index (χ0n) is 9.95. The van der Waals surface area contributed by atoms with E-state index >= 15 is 0 Å². The topological polar surface area (TPSA) is 46.5 Å². The van der Waals surface area contributed by atoms with Crippen LogP contribution in [0.2, 0.25) is 0 Å². The van der Waals surface area contributed by atoms with Gasteiger partial charge in [0.05, 0.1) is 13.5 Å². The summed E-state index contributed by atoms with van der Waals surface area (Å²) >= 11 is 0. The fraction of sp³-hybridized carbons (Fsp3) is 0.462. The molecule has 0 saturated heterocycles. The number of hydrogen-bond donors (Lipinski definition) is 1. The molecule has 1 unspecified atom stereocenters. The molecule has 0 spiro atoms. The number of methoxy groups -OCH3 is 1. The van der Waals surface area contributed by atoms with E-state index in [-0.39, 0.29) is 24.0 Å². The van der Waals surface area contributed by atoms with E-state index in [1.54, 1.807) is 0 Å². The van der Waals surface area contributed by atoms with Crippen molar-refractivity contribution in [2.45, 2.75) is 25.2 Å². The molecule has 18 heavy (non-hydrogen) atoms. The normalized spacial score (nSPS) is 16.4. The number of ether oxygens (including phenoxy) is 1. The van der Waals surface area contributed by atoms with Crippen molar-refractivity contribution in [1.82, 2.24) is 0 Å². The molecule has 1 aliphatic carbocycles. The highest BCUT2D eigenvalue weighted by Gasteiger charge is 2.35. The summed E-state index contributed by atoms with van der Waals surface area (Å²) in [6.07, 6.45) is 1.74. The first-order valence-corrected chi connectivity index (χ1v) is 5.77. The summed E-state index contributed by atoms with van der Waals surface area (Å²) < 4.78 is 31.4. The molecule has 2 rings (SSSR count). The molecule has 3 nitrogen and oxygen atoms in total. The molecule has 1 fully saturated rings. The third-order valence-corrected chi connectivity index (χ3v) is 3.26. The molecule has 1 N–H and O–H groups in total. The summed E-state index contributed by atoms with van der Waals surface area (Å²) in [5.74, 6) is -2.78. The van der Waals surface area contributed by atoms with E-state index in [1.165, 1.54) is 7.11 Å². The quantitative estimate of drug-likeness (QED) is 0.881. The van der Waals surface area contributed by atoms with Crippen LogP contribution in [0.15, 0.2) is 12.1 Å². The van der Waals surface area contributed by atoms with E-state index in [9.17, 15) is 13.6 Å². The third-order valence-electron chi connectivity index (χ3n) is 3.26. The van der Waals surface area contributed by atoms with Gasteiger partial charge in [0.2, 0.25) is 0 Å². The molecule has 1 saturated carbocycles. The summed E-state index contributed by atoms with van der Waals surface area (Å²) in [4.78, 5) is 10.9. The second kappa shape index (κ2) is 4.92. The molecule has 0 aliphatic heterocycles. The van der Waals surface area contributed by atoms with Gasteiger partial charge in [0, 0.05) is 17.5 Å². The standard InChI is InChI=1S/C13H14F2O3/c1-18-12-6-11(15)10(14)4-9(12)8(5-13(16)17)7-2-3-7/h4,6-8H,2-3,5H2,1H3,(H,16,17). The van der Waals surface area contributed by atoms with Crippen molar-refractivity contribution in [3.63, 3.8) is 0 Å². The molecule has 0 heterocycles. The van der Waals surface area contributed by atoms with E-state index in [2.05, 4.69) is 0 Å². The Morgan fingerprint density at radius 1 is 1.44 bits per heavy atom. The van der Waals surface area contributed by atoms with Crippen molar-refractivity contribution in [2.24, 2.45) is 5.92 Å². The molecule has 98 valence electrons. The maximum atomic E-state index is 13.3. The Balaban J connectivity index is 2.39. The average Bonchev–Trinajstić information content (AvgIpc) is 3.13. The highest BCUT2D eigenvalue weighted by atomic mass is 19.2. The smallest absolute Gasteiger partial charge is 0.303 e.